The van der Waals surface area contributed by atoms with Crippen molar-refractivity contribution >= 4 is 11.6 Å². The fourth-order valence-corrected chi connectivity index (χ4v) is 1.24. The molecule has 2 rings (SSSR count). The van der Waals surface area contributed by atoms with Crippen LogP contribution < -0.4 is 5.32 Å². The van der Waals surface area contributed by atoms with Crippen molar-refractivity contribution in [1.29, 1.82) is 0 Å². The maximum Gasteiger partial charge on any atom is 0.417 e. The first-order valence-electron chi connectivity index (χ1n) is 3.83. The Kier molecular flexibility index (Phi) is 1.73. The molecule has 1 aromatic heterocycles. The van der Waals surface area contributed by atoms with Gasteiger partial charge in [-0.3, -0.25) is 9.78 Å². The minimum atomic E-state index is -4.42. The molecule has 0 atom stereocenters. The van der Waals surface area contributed by atoms with Gasteiger partial charge in [-0.1, -0.05) is 0 Å². The average Bonchev–Trinajstić information content (AvgIpc) is 2.41. The van der Waals surface area contributed by atoms with E-state index < -0.39 is 11.7 Å². The van der Waals surface area contributed by atoms with Crippen LogP contribution in [0.2, 0.25) is 0 Å². The van der Waals surface area contributed by atoms with Gasteiger partial charge in [0.05, 0.1) is 23.4 Å². The van der Waals surface area contributed by atoms with E-state index in [2.05, 4.69) is 10.3 Å². The van der Waals surface area contributed by atoms with Gasteiger partial charge in [0.2, 0.25) is 5.91 Å². The Morgan fingerprint density at radius 3 is 2.79 bits per heavy atom. The highest BCUT2D eigenvalue weighted by Gasteiger charge is 2.33. The number of aromatic nitrogens is 1. The van der Waals surface area contributed by atoms with Crippen LogP contribution in [-0.4, -0.2) is 10.9 Å². The van der Waals surface area contributed by atoms with Crippen LogP contribution >= 0.6 is 0 Å². The molecule has 1 aliphatic rings. The summed E-state index contributed by atoms with van der Waals surface area (Å²) in [6.45, 7) is 0. The summed E-state index contributed by atoms with van der Waals surface area (Å²) >= 11 is 0. The first-order chi connectivity index (χ1) is 6.47. The van der Waals surface area contributed by atoms with Crippen LogP contribution in [0.4, 0.5) is 18.9 Å². The number of pyridine rings is 1. The number of carbonyl (C=O) groups is 1. The summed E-state index contributed by atoms with van der Waals surface area (Å²) in [5.41, 5.74) is -0.328. The molecule has 0 unspecified atom stereocenters. The molecule has 0 bridgehead atoms. The van der Waals surface area contributed by atoms with E-state index in [-0.39, 0.29) is 18.0 Å². The molecule has 1 amide bonds. The normalized spacial score (nSPS) is 15.2. The van der Waals surface area contributed by atoms with Gasteiger partial charge in [-0.15, -0.1) is 0 Å². The second kappa shape index (κ2) is 2.70. The predicted molar refractivity (Wildman–Crippen MR) is 41.6 cm³/mol. The minimum Gasteiger partial charge on any atom is -0.324 e. The standard InChI is InChI=1S/C8H5F3N2O/c9-8(10,11)4-1-6-5(12-3-4)2-7(14)13-6/h1,3H,2H2,(H,13,14). The smallest absolute Gasteiger partial charge is 0.324 e. The number of amides is 1. The van der Waals surface area contributed by atoms with Crippen LogP contribution in [0.25, 0.3) is 0 Å². The number of carbonyl (C=O) groups excluding carboxylic acids is 1. The molecule has 0 spiro atoms. The average molecular weight is 202 g/mol. The Hall–Kier alpha value is -1.59. The van der Waals surface area contributed by atoms with Crippen LogP contribution in [0, 0.1) is 0 Å². The quantitative estimate of drug-likeness (QED) is 0.694. The highest BCUT2D eigenvalue weighted by atomic mass is 19.4. The van der Waals surface area contributed by atoms with Crippen LogP contribution in [0.15, 0.2) is 12.3 Å². The van der Waals surface area contributed by atoms with Crippen LogP contribution in [-0.2, 0) is 17.4 Å². The lowest BCUT2D eigenvalue weighted by Crippen LogP contribution is -2.06. The van der Waals surface area contributed by atoms with Crippen molar-refractivity contribution in [3.8, 4) is 0 Å². The second-order valence-electron chi connectivity index (χ2n) is 2.94. The summed E-state index contributed by atoms with van der Waals surface area (Å²) in [4.78, 5) is 14.4. The molecule has 2 heterocycles. The lowest BCUT2D eigenvalue weighted by Gasteiger charge is -2.06. The fourth-order valence-electron chi connectivity index (χ4n) is 1.24. The lowest BCUT2D eigenvalue weighted by molar-refractivity contribution is -0.137. The molecule has 1 aliphatic heterocycles. The summed E-state index contributed by atoms with van der Waals surface area (Å²) < 4.78 is 36.6. The predicted octanol–water partition coefficient (Wildman–Crippen LogP) is 1.59. The summed E-state index contributed by atoms with van der Waals surface area (Å²) in [6.07, 6.45) is -3.64. The van der Waals surface area contributed by atoms with Gasteiger partial charge in [0.15, 0.2) is 0 Å². The molecule has 74 valence electrons. The number of halogens is 3. The zero-order chi connectivity index (χ0) is 10.3. The van der Waals surface area contributed by atoms with Gasteiger partial charge >= 0.3 is 6.18 Å². The molecule has 0 aliphatic carbocycles. The summed E-state index contributed by atoms with van der Waals surface area (Å²) in [5.74, 6) is -0.327. The molecule has 0 fully saturated rings. The van der Waals surface area contributed by atoms with Gasteiger partial charge in [0.1, 0.15) is 0 Å². The summed E-state index contributed by atoms with van der Waals surface area (Å²) in [5, 5.41) is 2.31. The van der Waals surface area contributed by atoms with Crippen molar-refractivity contribution in [2.24, 2.45) is 0 Å². The van der Waals surface area contributed by atoms with Crippen molar-refractivity contribution in [3.05, 3.63) is 23.5 Å². The maximum absolute atomic E-state index is 12.2. The van der Waals surface area contributed by atoms with Gasteiger partial charge in [-0.25, -0.2) is 0 Å². The Morgan fingerprint density at radius 1 is 1.43 bits per heavy atom. The number of anilines is 1. The third-order valence-corrected chi connectivity index (χ3v) is 1.90. The number of alkyl halides is 3. The molecule has 14 heavy (non-hydrogen) atoms. The summed E-state index contributed by atoms with van der Waals surface area (Å²) in [7, 11) is 0. The zero-order valence-corrected chi connectivity index (χ0v) is 6.85. The topological polar surface area (TPSA) is 42.0 Å². The van der Waals surface area contributed by atoms with Gasteiger partial charge in [-0.2, -0.15) is 13.2 Å². The molecule has 1 aromatic rings. The van der Waals surface area contributed by atoms with Crippen LogP contribution in [0.5, 0.6) is 0 Å². The third-order valence-electron chi connectivity index (χ3n) is 1.90. The molecule has 3 nitrogen and oxygen atoms in total. The number of hydrogen-bond donors (Lipinski definition) is 1. The molecule has 0 saturated heterocycles. The van der Waals surface area contributed by atoms with Crippen molar-refractivity contribution in [1.82, 2.24) is 4.98 Å². The number of hydrogen-bond acceptors (Lipinski definition) is 2. The van der Waals surface area contributed by atoms with Crippen LogP contribution in [0.3, 0.4) is 0 Å². The van der Waals surface area contributed by atoms with Crippen molar-refractivity contribution in [2.45, 2.75) is 12.6 Å². The highest BCUT2D eigenvalue weighted by Crippen LogP contribution is 2.32. The van der Waals surface area contributed by atoms with Crippen molar-refractivity contribution in [3.63, 3.8) is 0 Å². The SMILES string of the molecule is O=C1Cc2ncc(C(F)(F)F)cc2N1. The van der Waals surface area contributed by atoms with E-state index in [1.807, 2.05) is 0 Å². The molecule has 0 aromatic carbocycles. The highest BCUT2D eigenvalue weighted by molar-refractivity contribution is 5.98. The molecular formula is C8H5F3N2O. The van der Waals surface area contributed by atoms with E-state index in [0.717, 1.165) is 12.3 Å². The summed E-state index contributed by atoms with van der Waals surface area (Å²) in [6, 6.07) is 0.896. The first-order valence-corrected chi connectivity index (χ1v) is 3.83. The lowest BCUT2D eigenvalue weighted by atomic mass is 10.2. The van der Waals surface area contributed by atoms with Gasteiger partial charge in [0, 0.05) is 6.20 Å². The fraction of sp³-hybridized carbons (Fsp3) is 0.250. The van der Waals surface area contributed by atoms with Crippen molar-refractivity contribution in [2.75, 3.05) is 5.32 Å². The van der Waals surface area contributed by atoms with E-state index in [0.29, 0.717) is 5.69 Å². The number of nitrogens with one attached hydrogen (secondary N) is 1. The third kappa shape index (κ3) is 1.43. The van der Waals surface area contributed by atoms with Gasteiger partial charge in [-0.05, 0) is 6.07 Å². The zero-order valence-electron chi connectivity index (χ0n) is 6.85. The largest absolute Gasteiger partial charge is 0.417 e. The van der Waals surface area contributed by atoms with E-state index in [1.54, 1.807) is 0 Å². The van der Waals surface area contributed by atoms with Gasteiger partial charge < -0.3 is 5.32 Å². The molecule has 0 radical (unpaired) electrons. The van der Waals surface area contributed by atoms with E-state index in [4.69, 9.17) is 0 Å². The Balaban J connectivity index is 2.43. The van der Waals surface area contributed by atoms with Crippen LogP contribution in [0.1, 0.15) is 11.3 Å². The van der Waals surface area contributed by atoms with Gasteiger partial charge in [0.25, 0.3) is 0 Å². The van der Waals surface area contributed by atoms with E-state index in [9.17, 15) is 18.0 Å². The Bertz CT molecular complexity index is 400. The van der Waals surface area contributed by atoms with E-state index >= 15 is 0 Å². The molecular weight excluding hydrogens is 197 g/mol. The Morgan fingerprint density at radius 2 is 2.14 bits per heavy atom. The van der Waals surface area contributed by atoms with E-state index in [1.165, 1.54) is 0 Å². The molecule has 6 heteroatoms. The first kappa shape index (κ1) is 8.98. The number of nitrogens with zero attached hydrogens (tertiary/aromatic N) is 1. The minimum absolute atomic E-state index is 0.0491. The van der Waals surface area contributed by atoms with Crippen molar-refractivity contribution < 1.29 is 18.0 Å². The molecule has 1 N–H and O–H groups in total. The maximum atomic E-state index is 12.2. The number of rotatable bonds is 0. The molecule has 0 saturated carbocycles. The second-order valence-corrected chi connectivity index (χ2v) is 2.94. The number of fused-ring (bicyclic) bond motifs is 1. The Labute approximate surface area is 76.9 Å². The monoisotopic (exact) mass is 202 g/mol.